The lowest BCUT2D eigenvalue weighted by atomic mass is 9.97. The summed E-state index contributed by atoms with van der Waals surface area (Å²) in [6.07, 6.45) is -0.226. The van der Waals surface area contributed by atoms with Crippen molar-refractivity contribution < 1.29 is 4.42 Å². The summed E-state index contributed by atoms with van der Waals surface area (Å²) < 4.78 is 11.4. The summed E-state index contributed by atoms with van der Waals surface area (Å²) in [7, 11) is 0. The number of hydrogen-bond donors (Lipinski definition) is 3. The quantitative estimate of drug-likeness (QED) is 0.172. The van der Waals surface area contributed by atoms with Gasteiger partial charge in [0.25, 0.3) is 0 Å². The maximum Gasteiger partial charge on any atom is 0.135 e. The fourth-order valence-electron chi connectivity index (χ4n) is 8.00. The first-order chi connectivity index (χ1) is 25.2. The van der Waals surface area contributed by atoms with Crippen LogP contribution in [0.5, 0.6) is 0 Å². The maximum absolute atomic E-state index is 6.16. The van der Waals surface area contributed by atoms with Crippen LogP contribution < -0.4 is 16.0 Å². The van der Waals surface area contributed by atoms with Gasteiger partial charge in [0.05, 0.1) is 18.5 Å². The molecule has 0 radical (unpaired) electrons. The highest BCUT2D eigenvalue weighted by atomic mass is 32.1. The molecule has 1 fully saturated rings. The van der Waals surface area contributed by atoms with E-state index in [4.69, 9.17) is 4.42 Å². The summed E-state index contributed by atoms with van der Waals surface area (Å²) in [5, 5.41) is 19.2. The van der Waals surface area contributed by atoms with Crippen LogP contribution in [0.25, 0.3) is 73.4 Å². The Kier molecular flexibility index (Phi) is 6.69. The standard InChI is InChI=1S/C45H31N3OS2/c1-2-10-26(11-3-1)43-46-44(27-21-23-37-35(24-27)29-12-4-6-17-36(29)49-37)48-45(47-43)28-20-22-34-40(25-28)50-39-19-9-14-31(41(34)39)33-16-8-15-32-30-13-5-7-18-38(30)51-42(32)33/h1-25,43-48H. The van der Waals surface area contributed by atoms with Gasteiger partial charge in [-0.15, -0.1) is 22.7 Å². The molecule has 0 bridgehead atoms. The molecule has 0 saturated carbocycles. The van der Waals surface area contributed by atoms with Gasteiger partial charge >= 0.3 is 0 Å². The van der Waals surface area contributed by atoms with Crippen molar-refractivity contribution in [2.75, 3.05) is 0 Å². The highest BCUT2D eigenvalue weighted by Crippen LogP contribution is 2.45. The number of hydrogen-bond acceptors (Lipinski definition) is 6. The molecule has 244 valence electrons. The Morgan fingerprint density at radius 2 is 1.04 bits per heavy atom. The fraction of sp³-hybridized carbons (Fsp3) is 0.0667. The van der Waals surface area contributed by atoms with Crippen LogP contribution in [0.3, 0.4) is 0 Å². The Morgan fingerprint density at radius 1 is 0.392 bits per heavy atom. The largest absolute Gasteiger partial charge is 0.456 e. The van der Waals surface area contributed by atoms with Gasteiger partial charge in [0.2, 0.25) is 0 Å². The maximum atomic E-state index is 6.16. The predicted octanol–water partition coefficient (Wildman–Crippen LogP) is 12.2. The Balaban J connectivity index is 1.01. The van der Waals surface area contributed by atoms with E-state index in [2.05, 4.69) is 155 Å². The number of fused-ring (bicyclic) bond motifs is 9. The second-order valence-corrected chi connectivity index (χ2v) is 15.5. The van der Waals surface area contributed by atoms with E-state index in [1.807, 2.05) is 34.8 Å². The van der Waals surface area contributed by atoms with Crippen LogP contribution in [0.2, 0.25) is 0 Å². The van der Waals surface area contributed by atoms with Gasteiger partial charge in [-0.1, -0.05) is 115 Å². The van der Waals surface area contributed by atoms with Crippen molar-refractivity contribution in [1.82, 2.24) is 16.0 Å². The van der Waals surface area contributed by atoms with E-state index in [1.165, 1.54) is 68.2 Å². The van der Waals surface area contributed by atoms with E-state index in [1.54, 1.807) is 0 Å². The van der Waals surface area contributed by atoms with Crippen LogP contribution in [-0.4, -0.2) is 0 Å². The molecule has 4 heterocycles. The molecule has 1 aliphatic rings. The minimum Gasteiger partial charge on any atom is -0.456 e. The van der Waals surface area contributed by atoms with Crippen molar-refractivity contribution in [1.29, 1.82) is 0 Å². The number of nitrogens with one attached hydrogen (secondary N) is 3. The molecule has 10 aromatic rings. The smallest absolute Gasteiger partial charge is 0.135 e. The molecule has 51 heavy (non-hydrogen) atoms. The number of benzene rings is 7. The molecule has 3 atom stereocenters. The van der Waals surface area contributed by atoms with E-state index >= 15 is 0 Å². The summed E-state index contributed by atoms with van der Waals surface area (Å²) >= 11 is 3.77. The van der Waals surface area contributed by atoms with Gasteiger partial charge in [-0.25, -0.2) is 0 Å². The second-order valence-electron chi connectivity index (χ2n) is 13.4. The average molecular weight is 694 g/mol. The number of para-hydroxylation sites is 1. The summed E-state index contributed by atoms with van der Waals surface area (Å²) in [4.78, 5) is 0. The molecule has 11 rings (SSSR count). The van der Waals surface area contributed by atoms with Crippen molar-refractivity contribution in [3.8, 4) is 11.1 Å². The molecule has 7 aromatic carbocycles. The summed E-state index contributed by atoms with van der Waals surface area (Å²) in [5.41, 5.74) is 8.01. The molecule has 3 aromatic heterocycles. The SMILES string of the molecule is c1ccc(C2NC(c3ccc4c(c3)sc3cccc(-c5cccc6c5sc5ccccc56)c34)NC(c3ccc4oc5ccccc5c4c3)N2)cc1. The molecular weight excluding hydrogens is 663 g/mol. The Hall–Kier alpha value is -5.34. The molecule has 1 saturated heterocycles. The Bertz CT molecular complexity index is 2940. The lowest BCUT2D eigenvalue weighted by Crippen LogP contribution is -2.54. The van der Waals surface area contributed by atoms with Crippen molar-refractivity contribution in [2.45, 2.75) is 18.5 Å². The third kappa shape index (κ3) is 4.76. The van der Waals surface area contributed by atoms with E-state index in [0.29, 0.717) is 0 Å². The van der Waals surface area contributed by atoms with Gasteiger partial charge < -0.3 is 4.42 Å². The zero-order chi connectivity index (χ0) is 33.5. The van der Waals surface area contributed by atoms with Crippen molar-refractivity contribution in [3.05, 3.63) is 168 Å². The monoisotopic (exact) mass is 693 g/mol. The first-order valence-electron chi connectivity index (χ1n) is 17.4. The molecule has 0 aliphatic carbocycles. The van der Waals surface area contributed by atoms with Gasteiger partial charge in [-0.2, -0.15) is 0 Å². The predicted molar refractivity (Wildman–Crippen MR) is 215 cm³/mol. The Labute approximate surface area is 302 Å². The zero-order valence-electron chi connectivity index (χ0n) is 27.4. The molecule has 0 spiro atoms. The van der Waals surface area contributed by atoms with Gasteiger partial charge in [0.15, 0.2) is 0 Å². The average Bonchev–Trinajstić information content (AvgIpc) is 3.88. The zero-order valence-corrected chi connectivity index (χ0v) is 29.0. The Morgan fingerprint density at radius 3 is 1.92 bits per heavy atom. The van der Waals surface area contributed by atoms with Crippen LogP contribution in [0, 0.1) is 0 Å². The summed E-state index contributed by atoms with van der Waals surface area (Å²) in [5.74, 6) is 0. The van der Waals surface area contributed by atoms with E-state index in [0.717, 1.165) is 21.9 Å². The number of rotatable bonds is 4. The molecule has 1 aliphatic heterocycles. The van der Waals surface area contributed by atoms with Crippen LogP contribution in [-0.2, 0) is 0 Å². The van der Waals surface area contributed by atoms with E-state index < -0.39 is 0 Å². The molecular formula is C45H31N3OS2. The molecule has 3 unspecified atom stereocenters. The number of thiophene rings is 2. The van der Waals surface area contributed by atoms with Gasteiger partial charge in [-0.3, -0.25) is 16.0 Å². The van der Waals surface area contributed by atoms with Crippen molar-refractivity contribution >= 4 is 85.0 Å². The third-order valence-electron chi connectivity index (χ3n) is 10.4. The van der Waals surface area contributed by atoms with Gasteiger partial charge in [0, 0.05) is 56.7 Å². The van der Waals surface area contributed by atoms with Crippen LogP contribution in [0.4, 0.5) is 0 Å². The molecule has 0 amide bonds. The fourth-order valence-corrected chi connectivity index (χ4v) is 10.4. The third-order valence-corrected chi connectivity index (χ3v) is 12.8. The van der Waals surface area contributed by atoms with Gasteiger partial charge in [0.1, 0.15) is 11.2 Å². The van der Waals surface area contributed by atoms with E-state index in [-0.39, 0.29) is 18.5 Å². The topological polar surface area (TPSA) is 49.2 Å². The van der Waals surface area contributed by atoms with Crippen molar-refractivity contribution in [2.24, 2.45) is 0 Å². The van der Waals surface area contributed by atoms with Crippen LogP contribution in [0.1, 0.15) is 35.2 Å². The first-order valence-corrected chi connectivity index (χ1v) is 19.0. The first kappa shape index (κ1) is 29.4. The highest BCUT2D eigenvalue weighted by Gasteiger charge is 2.30. The lowest BCUT2D eigenvalue weighted by Gasteiger charge is -2.39. The van der Waals surface area contributed by atoms with Crippen LogP contribution in [0.15, 0.2) is 156 Å². The minimum absolute atomic E-state index is 0.0502. The van der Waals surface area contributed by atoms with Crippen LogP contribution >= 0.6 is 22.7 Å². The molecule has 6 heteroatoms. The summed E-state index contributed by atoms with van der Waals surface area (Å²) in [6.45, 7) is 0. The van der Waals surface area contributed by atoms with Gasteiger partial charge in [-0.05, 0) is 58.7 Å². The molecule has 4 nitrogen and oxygen atoms in total. The van der Waals surface area contributed by atoms with E-state index in [9.17, 15) is 0 Å². The minimum atomic E-state index is -0.0916. The molecule has 3 N–H and O–H groups in total. The number of furan rings is 1. The summed E-state index contributed by atoms with van der Waals surface area (Å²) in [6, 6.07) is 54.8. The van der Waals surface area contributed by atoms with Crippen molar-refractivity contribution in [3.63, 3.8) is 0 Å². The lowest BCUT2D eigenvalue weighted by molar-refractivity contribution is 0.203. The second kappa shape index (κ2) is 11.6. The normalized spacial score (nSPS) is 18.2. The highest BCUT2D eigenvalue weighted by molar-refractivity contribution is 7.26.